The molecule has 2 fully saturated rings. The Balaban J connectivity index is 1.21. The molecule has 2 aliphatic rings. The van der Waals surface area contributed by atoms with E-state index in [1.165, 1.54) is 45.2 Å². The van der Waals surface area contributed by atoms with Gasteiger partial charge in [0.1, 0.15) is 17.6 Å². The van der Waals surface area contributed by atoms with Gasteiger partial charge >= 0.3 is 0 Å². The fourth-order valence-corrected chi connectivity index (χ4v) is 4.02. The van der Waals surface area contributed by atoms with E-state index in [2.05, 4.69) is 28.3 Å². The van der Waals surface area contributed by atoms with Gasteiger partial charge in [-0.2, -0.15) is 5.10 Å². The first-order valence-electron chi connectivity index (χ1n) is 9.77. The first kappa shape index (κ1) is 16.9. The molecular formula is C20H29N3O2. The summed E-state index contributed by atoms with van der Waals surface area (Å²) < 4.78 is 13.9. The van der Waals surface area contributed by atoms with Crippen LogP contribution in [0.25, 0.3) is 0 Å². The summed E-state index contributed by atoms with van der Waals surface area (Å²) in [6, 6.07) is 6.25. The van der Waals surface area contributed by atoms with Gasteiger partial charge in [0.2, 0.25) is 0 Å². The van der Waals surface area contributed by atoms with Crippen molar-refractivity contribution in [2.45, 2.75) is 57.7 Å². The van der Waals surface area contributed by atoms with Gasteiger partial charge in [-0.25, -0.2) is 0 Å². The molecule has 4 rings (SSSR count). The van der Waals surface area contributed by atoms with Crippen LogP contribution in [0, 0.1) is 5.92 Å². The van der Waals surface area contributed by atoms with Gasteiger partial charge < -0.3 is 9.15 Å². The number of ether oxygens (including phenoxy) is 1. The highest BCUT2D eigenvalue weighted by Gasteiger charge is 2.22. The van der Waals surface area contributed by atoms with E-state index in [-0.39, 0.29) is 6.10 Å². The van der Waals surface area contributed by atoms with E-state index < -0.39 is 0 Å². The van der Waals surface area contributed by atoms with Crippen LogP contribution in [0.3, 0.4) is 0 Å². The minimum Gasteiger partial charge on any atom is -0.462 e. The molecule has 2 aromatic heterocycles. The van der Waals surface area contributed by atoms with Crippen LogP contribution in [-0.4, -0.2) is 34.4 Å². The van der Waals surface area contributed by atoms with E-state index in [4.69, 9.17) is 9.15 Å². The van der Waals surface area contributed by atoms with Crippen LogP contribution in [-0.2, 0) is 17.8 Å². The molecule has 0 radical (unpaired) electrons. The first-order valence-corrected chi connectivity index (χ1v) is 9.77. The topological polar surface area (TPSA) is 43.4 Å². The number of hydrogen-bond acceptors (Lipinski definition) is 4. The van der Waals surface area contributed by atoms with Crippen LogP contribution in [0.2, 0.25) is 0 Å². The number of nitrogens with zero attached hydrogens (tertiary/aromatic N) is 3. The third kappa shape index (κ3) is 4.53. The lowest BCUT2D eigenvalue weighted by Gasteiger charge is -2.31. The molecule has 0 amide bonds. The quantitative estimate of drug-likeness (QED) is 0.794. The van der Waals surface area contributed by atoms with E-state index in [1.807, 2.05) is 16.9 Å². The summed E-state index contributed by atoms with van der Waals surface area (Å²) in [4.78, 5) is 2.52. The third-order valence-electron chi connectivity index (χ3n) is 5.59. The largest absolute Gasteiger partial charge is 0.462 e. The first-order chi connectivity index (χ1) is 12.4. The summed E-state index contributed by atoms with van der Waals surface area (Å²) in [5, 5.41) is 4.30. The summed E-state index contributed by atoms with van der Waals surface area (Å²) in [6.45, 7) is 5.17. The summed E-state index contributed by atoms with van der Waals surface area (Å²) in [7, 11) is 0. The summed E-state index contributed by atoms with van der Waals surface area (Å²) in [5.41, 5.74) is 0. The maximum absolute atomic E-state index is 6.07. The van der Waals surface area contributed by atoms with Crippen LogP contribution in [0.5, 0.6) is 0 Å². The van der Waals surface area contributed by atoms with Gasteiger partial charge in [-0.05, 0) is 75.7 Å². The van der Waals surface area contributed by atoms with Gasteiger partial charge in [0.15, 0.2) is 0 Å². The van der Waals surface area contributed by atoms with Gasteiger partial charge in [-0.3, -0.25) is 9.58 Å². The zero-order chi connectivity index (χ0) is 16.9. The molecule has 2 aromatic rings. The second kappa shape index (κ2) is 8.19. The molecule has 5 heteroatoms. The van der Waals surface area contributed by atoms with Gasteiger partial charge in [-0.15, -0.1) is 0 Å². The Morgan fingerprint density at radius 3 is 2.80 bits per heavy atom. The summed E-state index contributed by atoms with van der Waals surface area (Å²) in [5.74, 6) is 2.92. The molecule has 0 unspecified atom stereocenters. The number of likely N-dealkylation sites (tertiary alicyclic amines) is 1. The molecule has 4 heterocycles. The molecule has 136 valence electrons. The SMILES string of the molecule is c1cnn(CCC2CCN(Cc3ccc([C@H]4CCCCO4)o3)CC2)c1. The van der Waals surface area contributed by atoms with Crippen LogP contribution >= 0.6 is 0 Å². The molecular weight excluding hydrogens is 314 g/mol. The minimum atomic E-state index is 0.176. The molecule has 0 saturated carbocycles. The lowest BCUT2D eigenvalue weighted by molar-refractivity contribution is 0.000717. The maximum atomic E-state index is 6.07. The van der Waals surface area contributed by atoms with E-state index in [9.17, 15) is 0 Å². The zero-order valence-electron chi connectivity index (χ0n) is 15.0. The summed E-state index contributed by atoms with van der Waals surface area (Å²) in [6.07, 6.45) is 11.4. The van der Waals surface area contributed by atoms with E-state index >= 15 is 0 Å². The van der Waals surface area contributed by atoms with Crippen molar-refractivity contribution in [2.24, 2.45) is 5.92 Å². The van der Waals surface area contributed by atoms with E-state index in [0.717, 1.165) is 43.6 Å². The number of furan rings is 1. The maximum Gasteiger partial charge on any atom is 0.133 e. The Kier molecular flexibility index (Phi) is 5.52. The Morgan fingerprint density at radius 2 is 2.04 bits per heavy atom. The normalized spacial score (nSPS) is 23.1. The predicted octanol–water partition coefficient (Wildman–Crippen LogP) is 4.02. The van der Waals surface area contributed by atoms with Crippen molar-refractivity contribution in [3.63, 3.8) is 0 Å². The number of piperidine rings is 1. The van der Waals surface area contributed by atoms with Gasteiger partial charge in [0, 0.05) is 25.5 Å². The van der Waals surface area contributed by atoms with Gasteiger partial charge in [0.25, 0.3) is 0 Å². The fourth-order valence-electron chi connectivity index (χ4n) is 4.02. The van der Waals surface area contributed by atoms with Gasteiger partial charge in [-0.1, -0.05) is 0 Å². The minimum absolute atomic E-state index is 0.176. The lowest BCUT2D eigenvalue weighted by Crippen LogP contribution is -2.33. The Labute approximate surface area is 149 Å². The Bertz CT molecular complexity index is 623. The second-order valence-corrected chi connectivity index (χ2v) is 7.44. The van der Waals surface area contributed by atoms with Crippen molar-refractivity contribution in [2.75, 3.05) is 19.7 Å². The standard InChI is InChI=1S/C20H29N3O2/c1-2-15-24-19(4-1)20-6-5-18(25-20)16-22-12-7-17(8-13-22)9-14-23-11-3-10-21-23/h3,5-6,10-11,17,19H,1-2,4,7-9,12-16H2/t19-/m1/s1. The van der Waals surface area contributed by atoms with Crippen molar-refractivity contribution in [3.8, 4) is 0 Å². The highest BCUT2D eigenvalue weighted by molar-refractivity contribution is 5.10. The monoisotopic (exact) mass is 343 g/mol. The molecule has 0 N–H and O–H groups in total. The predicted molar refractivity (Wildman–Crippen MR) is 96.1 cm³/mol. The Hall–Kier alpha value is -1.59. The van der Waals surface area contributed by atoms with Crippen molar-refractivity contribution in [3.05, 3.63) is 42.1 Å². The summed E-state index contributed by atoms with van der Waals surface area (Å²) >= 11 is 0. The molecule has 5 nitrogen and oxygen atoms in total. The smallest absolute Gasteiger partial charge is 0.133 e. The fraction of sp³-hybridized carbons (Fsp3) is 0.650. The Morgan fingerprint density at radius 1 is 1.12 bits per heavy atom. The van der Waals surface area contributed by atoms with Crippen LogP contribution in [0.4, 0.5) is 0 Å². The van der Waals surface area contributed by atoms with Crippen molar-refractivity contribution < 1.29 is 9.15 Å². The zero-order valence-corrected chi connectivity index (χ0v) is 15.0. The third-order valence-corrected chi connectivity index (χ3v) is 5.59. The highest BCUT2D eigenvalue weighted by atomic mass is 16.5. The van der Waals surface area contributed by atoms with Crippen molar-refractivity contribution in [1.29, 1.82) is 0 Å². The van der Waals surface area contributed by atoms with Crippen LogP contribution in [0.15, 0.2) is 35.0 Å². The van der Waals surface area contributed by atoms with Crippen LogP contribution in [0.1, 0.15) is 56.1 Å². The van der Waals surface area contributed by atoms with E-state index in [1.54, 1.807) is 0 Å². The number of rotatable bonds is 6. The molecule has 0 bridgehead atoms. The molecule has 2 aliphatic heterocycles. The molecule has 0 spiro atoms. The number of aromatic nitrogens is 2. The number of hydrogen-bond donors (Lipinski definition) is 0. The molecule has 0 aromatic carbocycles. The average molecular weight is 343 g/mol. The van der Waals surface area contributed by atoms with Gasteiger partial charge in [0.05, 0.1) is 6.54 Å². The molecule has 0 aliphatic carbocycles. The lowest BCUT2D eigenvalue weighted by atomic mass is 9.93. The average Bonchev–Trinajstić information content (AvgIpc) is 3.34. The number of aryl methyl sites for hydroxylation is 1. The van der Waals surface area contributed by atoms with E-state index in [0.29, 0.717) is 0 Å². The highest BCUT2D eigenvalue weighted by Crippen LogP contribution is 2.30. The molecule has 1 atom stereocenters. The van der Waals surface area contributed by atoms with Crippen molar-refractivity contribution >= 4 is 0 Å². The molecule has 2 saturated heterocycles. The van der Waals surface area contributed by atoms with Crippen LogP contribution < -0.4 is 0 Å². The molecule has 25 heavy (non-hydrogen) atoms. The van der Waals surface area contributed by atoms with Crippen molar-refractivity contribution in [1.82, 2.24) is 14.7 Å². The second-order valence-electron chi connectivity index (χ2n) is 7.44.